The molecule has 0 fully saturated rings. The summed E-state index contributed by atoms with van der Waals surface area (Å²) in [5.74, 6) is -1.78. The van der Waals surface area contributed by atoms with Crippen LogP contribution in [0.15, 0.2) is 22.1 Å². The van der Waals surface area contributed by atoms with Gasteiger partial charge >= 0.3 is 6.18 Å². The van der Waals surface area contributed by atoms with E-state index in [1.807, 2.05) is 0 Å². The van der Waals surface area contributed by atoms with Crippen LogP contribution < -0.4 is 10.3 Å². The number of rotatable bonds is 3. The molecular weight excluding hydrogens is 350 g/mol. The number of methoxy groups -OCH3 is 1. The minimum atomic E-state index is -4.78. The standard InChI is InChI=1S/C14H9F4N3O2S/c1-23-9-4-6(14(16,17)18)3-8(15)10(9)11-7(5-19)12(22)21-13(20-11)24-2/h3-4H,1-2H3,(H,20,21,22). The van der Waals surface area contributed by atoms with E-state index in [0.717, 1.165) is 18.9 Å². The Morgan fingerprint density at radius 3 is 2.54 bits per heavy atom. The summed E-state index contributed by atoms with van der Waals surface area (Å²) in [5.41, 5.74) is -3.47. The van der Waals surface area contributed by atoms with E-state index in [1.165, 1.54) is 0 Å². The third-order valence-corrected chi connectivity index (χ3v) is 3.62. The number of thioether (sulfide) groups is 1. The molecule has 0 atom stereocenters. The monoisotopic (exact) mass is 359 g/mol. The summed E-state index contributed by atoms with van der Waals surface area (Å²) in [6.07, 6.45) is -3.20. The minimum absolute atomic E-state index is 0.0790. The molecule has 0 bridgehead atoms. The Morgan fingerprint density at radius 1 is 1.38 bits per heavy atom. The fourth-order valence-electron chi connectivity index (χ4n) is 1.97. The average Bonchev–Trinajstić information content (AvgIpc) is 2.52. The number of hydrogen-bond acceptors (Lipinski definition) is 5. The van der Waals surface area contributed by atoms with Gasteiger partial charge in [-0.1, -0.05) is 11.8 Å². The van der Waals surface area contributed by atoms with Crippen LogP contribution in [0.4, 0.5) is 17.6 Å². The van der Waals surface area contributed by atoms with Crippen LogP contribution in [0.5, 0.6) is 5.75 Å². The quantitative estimate of drug-likeness (QED) is 0.517. The maximum absolute atomic E-state index is 14.3. The predicted octanol–water partition coefficient (Wildman–Crippen LogP) is 3.20. The zero-order valence-corrected chi connectivity index (χ0v) is 13.1. The number of H-pyrrole nitrogens is 1. The first kappa shape index (κ1) is 17.8. The maximum Gasteiger partial charge on any atom is 0.416 e. The van der Waals surface area contributed by atoms with Crippen molar-refractivity contribution < 1.29 is 22.3 Å². The Kier molecular flexibility index (Phi) is 4.84. The minimum Gasteiger partial charge on any atom is -0.496 e. The van der Waals surface area contributed by atoms with Crippen molar-refractivity contribution in [3.63, 3.8) is 0 Å². The summed E-state index contributed by atoms with van der Waals surface area (Å²) in [5, 5.41) is 9.18. The molecule has 0 aliphatic heterocycles. The van der Waals surface area contributed by atoms with Crippen molar-refractivity contribution in [3.8, 4) is 23.1 Å². The second kappa shape index (κ2) is 6.52. The number of alkyl halides is 3. The molecule has 0 unspecified atom stereocenters. The van der Waals surface area contributed by atoms with E-state index in [9.17, 15) is 22.4 Å². The number of nitrogens with one attached hydrogen (secondary N) is 1. The summed E-state index contributed by atoms with van der Waals surface area (Å²) in [7, 11) is 1.05. The Balaban J connectivity index is 2.85. The van der Waals surface area contributed by atoms with E-state index in [0.29, 0.717) is 6.07 Å². The normalized spacial score (nSPS) is 11.2. The van der Waals surface area contributed by atoms with E-state index >= 15 is 0 Å². The fourth-order valence-corrected chi connectivity index (χ4v) is 2.35. The smallest absolute Gasteiger partial charge is 0.416 e. The summed E-state index contributed by atoms with van der Waals surface area (Å²) >= 11 is 1.02. The lowest BCUT2D eigenvalue weighted by molar-refractivity contribution is -0.137. The predicted molar refractivity (Wildman–Crippen MR) is 78.3 cm³/mol. The third kappa shape index (κ3) is 3.21. The second-order valence-corrected chi connectivity index (χ2v) is 5.24. The molecule has 0 radical (unpaired) electrons. The molecule has 0 spiro atoms. The van der Waals surface area contributed by atoms with Crippen molar-refractivity contribution in [3.05, 3.63) is 39.4 Å². The van der Waals surface area contributed by atoms with Crippen molar-refractivity contribution in [1.29, 1.82) is 5.26 Å². The van der Waals surface area contributed by atoms with Gasteiger partial charge in [-0.15, -0.1) is 0 Å². The molecule has 0 saturated carbocycles. The molecule has 5 nitrogen and oxygen atoms in total. The Labute approximate surface area is 137 Å². The fraction of sp³-hybridized carbons (Fsp3) is 0.214. The summed E-state index contributed by atoms with van der Waals surface area (Å²) < 4.78 is 57.6. The molecule has 0 saturated heterocycles. The molecule has 24 heavy (non-hydrogen) atoms. The van der Waals surface area contributed by atoms with Gasteiger partial charge in [-0.2, -0.15) is 18.4 Å². The Morgan fingerprint density at radius 2 is 2.04 bits per heavy atom. The highest BCUT2D eigenvalue weighted by Gasteiger charge is 2.33. The van der Waals surface area contributed by atoms with E-state index in [2.05, 4.69) is 9.97 Å². The zero-order chi connectivity index (χ0) is 18.1. The molecule has 1 N–H and O–H groups in total. The zero-order valence-electron chi connectivity index (χ0n) is 12.3. The summed E-state index contributed by atoms with van der Waals surface area (Å²) in [4.78, 5) is 18.1. The van der Waals surface area contributed by atoms with E-state index in [1.54, 1.807) is 12.3 Å². The van der Waals surface area contributed by atoms with Gasteiger partial charge in [0.1, 0.15) is 28.9 Å². The lowest BCUT2D eigenvalue weighted by atomic mass is 10.0. The van der Waals surface area contributed by atoms with Crippen molar-refractivity contribution in [1.82, 2.24) is 9.97 Å². The van der Waals surface area contributed by atoms with Crippen LogP contribution in [-0.2, 0) is 6.18 Å². The first-order valence-corrected chi connectivity index (χ1v) is 7.49. The number of halogens is 4. The van der Waals surface area contributed by atoms with Gasteiger partial charge in [0, 0.05) is 0 Å². The molecule has 2 aromatic rings. The second-order valence-electron chi connectivity index (χ2n) is 4.44. The van der Waals surface area contributed by atoms with Gasteiger partial charge in [-0.25, -0.2) is 9.37 Å². The van der Waals surface area contributed by atoms with Crippen LogP contribution in [0, 0.1) is 17.1 Å². The molecule has 0 aliphatic rings. The summed E-state index contributed by atoms with van der Waals surface area (Å²) in [6, 6.07) is 2.43. The number of aromatic nitrogens is 2. The SMILES string of the molecule is COc1cc(C(F)(F)F)cc(F)c1-c1nc(SC)[nH]c(=O)c1C#N. The van der Waals surface area contributed by atoms with Crippen LogP contribution in [0.25, 0.3) is 11.3 Å². The van der Waals surface area contributed by atoms with Gasteiger partial charge in [-0.3, -0.25) is 4.79 Å². The highest BCUT2D eigenvalue weighted by molar-refractivity contribution is 7.98. The molecule has 1 heterocycles. The molecule has 0 amide bonds. The van der Waals surface area contributed by atoms with Crippen LogP contribution in [-0.4, -0.2) is 23.3 Å². The lowest BCUT2D eigenvalue weighted by Gasteiger charge is -2.14. The first-order valence-electron chi connectivity index (χ1n) is 6.26. The van der Waals surface area contributed by atoms with Crippen LogP contribution in [0.3, 0.4) is 0 Å². The molecule has 1 aromatic carbocycles. The van der Waals surface area contributed by atoms with Gasteiger partial charge in [-0.05, 0) is 18.4 Å². The number of benzene rings is 1. The number of nitriles is 1. The van der Waals surface area contributed by atoms with E-state index in [-0.39, 0.29) is 16.9 Å². The van der Waals surface area contributed by atoms with Gasteiger partial charge in [0.25, 0.3) is 5.56 Å². The average molecular weight is 359 g/mol. The lowest BCUT2D eigenvalue weighted by Crippen LogP contribution is -2.15. The topological polar surface area (TPSA) is 78.8 Å². The van der Waals surface area contributed by atoms with Crippen molar-refractivity contribution in [2.45, 2.75) is 11.3 Å². The highest BCUT2D eigenvalue weighted by atomic mass is 32.2. The van der Waals surface area contributed by atoms with E-state index in [4.69, 9.17) is 10.00 Å². The van der Waals surface area contributed by atoms with Crippen LogP contribution in [0.2, 0.25) is 0 Å². The van der Waals surface area contributed by atoms with E-state index < -0.39 is 40.0 Å². The third-order valence-electron chi connectivity index (χ3n) is 3.04. The van der Waals surface area contributed by atoms with Crippen LogP contribution >= 0.6 is 11.8 Å². The molecule has 0 aliphatic carbocycles. The van der Waals surface area contributed by atoms with Crippen molar-refractivity contribution in [2.75, 3.05) is 13.4 Å². The number of aromatic amines is 1. The van der Waals surface area contributed by atoms with Crippen LogP contribution in [0.1, 0.15) is 11.1 Å². The maximum atomic E-state index is 14.3. The van der Waals surface area contributed by atoms with Gasteiger partial charge in [0.05, 0.1) is 18.2 Å². The van der Waals surface area contributed by atoms with Gasteiger partial charge in [0.2, 0.25) is 0 Å². The van der Waals surface area contributed by atoms with Crippen molar-refractivity contribution in [2.24, 2.45) is 0 Å². The largest absolute Gasteiger partial charge is 0.496 e. The van der Waals surface area contributed by atoms with Crippen molar-refractivity contribution >= 4 is 11.8 Å². The Hall–Kier alpha value is -2.54. The number of ether oxygens (including phenoxy) is 1. The first-order chi connectivity index (χ1) is 11.2. The van der Waals surface area contributed by atoms with Gasteiger partial charge in [0.15, 0.2) is 5.16 Å². The molecule has 126 valence electrons. The van der Waals surface area contributed by atoms with Gasteiger partial charge < -0.3 is 9.72 Å². The number of nitrogens with zero attached hydrogens (tertiary/aromatic N) is 2. The Bertz CT molecular complexity index is 887. The molecule has 2 rings (SSSR count). The number of hydrogen-bond donors (Lipinski definition) is 1. The molecule has 10 heteroatoms. The molecular formula is C14H9F4N3O2S. The summed E-state index contributed by atoms with van der Waals surface area (Å²) in [6.45, 7) is 0. The molecule has 1 aromatic heterocycles. The highest BCUT2D eigenvalue weighted by Crippen LogP contribution is 2.39.